The molecule has 5 N–H and O–H groups in total. The highest BCUT2D eigenvalue weighted by Gasteiger charge is 2.29. The number of rotatable bonds is 5. The summed E-state index contributed by atoms with van der Waals surface area (Å²) >= 11 is 6.23. The fourth-order valence-corrected chi connectivity index (χ4v) is 4.24. The second-order valence-corrected chi connectivity index (χ2v) is 8.90. The number of Topliss-reactive ketones (excluding diaryl/α,β-unsaturated/α-hetero) is 1. The van der Waals surface area contributed by atoms with Crippen LogP contribution < -0.4 is 15.6 Å². The monoisotopic (exact) mass is 471 g/mol. The Morgan fingerprint density at radius 3 is 2.72 bits per heavy atom. The molecule has 2 aromatic heterocycles. The van der Waals surface area contributed by atoms with E-state index in [-0.39, 0.29) is 41.4 Å². The third kappa shape index (κ3) is 4.28. The van der Waals surface area contributed by atoms with Crippen molar-refractivity contribution in [2.45, 2.75) is 13.0 Å². The molecule has 0 radical (unpaired) electrons. The SMILES string of the molecule is Nc1cc(Cn2c(C(=O)NS(N)(=O)=O)c(C3=CC=CCC3=O)c3cc(Cl)ccc32)ccn1. The van der Waals surface area contributed by atoms with E-state index in [0.29, 0.717) is 21.5 Å². The van der Waals surface area contributed by atoms with E-state index in [1.807, 2.05) is 0 Å². The molecule has 32 heavy (non-hydrogen) atoms. The highest BCUT2D eigenvalue weighted by Crippen LogP contribution is 2.36. The standard InChI is InChI=1S/C21H18ClN5O4S/c22-13-5-6-16-15(10-13)19(14-3-1-2-4-17(14)28)20(21(29)26-32(24,30)31)27(16)11-12-7-8-25-18(23)9-12/h1-3,5-10H,4,11H2,(H2,23,25)(H,26,29)(H2,24,30,31). The minimum absolute atomic E-state index is 0.0402. The van der Waals surface area contributed by atoms with Crippen LogP contribution in [0.2, 0.25) is 5.02 Å². The number of benzene rings is 1. The van der Waals surface area contributed by atoms with E-state index in [4.69, 9.17) is 22.5 Å². The molecule has 0 aliphatic heterocycles. The number of ketones is 1. The summed E-state index contributed by atoms with van der Waals surface area (Å²) in [4.78, 5) is 29.8. The van der Waals surface area contributed by atoms with Crippen LogP contribution in [0.4, 0.5) is 5.82 Å². The molecule has 0 bridgehead atoms. The first kappa shape index (κ1) is 21.8. The maximum atomic E-state index is 13.1. The zero-order valence-electron chi connectivity index (χ0n) is 16.6. The molecule has 0 fully saturated rings. The lowest BCUT2D eigenvalue weighted by atomic mass is 9.93. The molecular formula is C21H18ClN5O4S. The predicted octanol–water partition coefficient (Wildman–Crippen LogP) is 2.17. The molecule has 0 saturated heterocycles. The Kier molecular flexibility index (Phi) is 5.59. The number of halogens is 1. The maximum Gasteiger partial charge on any atom is 0.299 e. The van der Waals surface area contributed by atoms with E-state index in [0.717, 1.165) is 0 Å². The minimum atomic E-state index is -4.36. The highest BCUT2D eigenvalue weighted by molar-refractivity contribution is 7.87. The van der Waals surface area contributed by atoms with E-state index in [2.05, 4.69) is 4.98 Å². The number of fused-ring (bicyclic) bond motifs is 1. The normalized spacial score (nSPS) is 13.9. The Morgan fingerprint density at radius 1 is 1.25 bits per heavy atom. The molecule has 1 amide bonds. The third-order valence-electron chi connectivity index (χ3n) is 4.93. The van der Waals surface area contributed by atoms with Gasteiger partial charge >= 0.3 is 0 Å². The molecule has 0 atom stereocenters. The molecule has 0 spiro atoms. The number of nitrogens with one attached hydrogen (secondary N) is 1. The van der Waals surface area contributed by atoms with E-state index >= 15 is 0 Å². The smallest absolute Gasteiger partial charge is 0.299 e. The van der Waals surface area contributed by atoms with E-state index < -0.39 is 16.1 Å². The molecule has 1 aliphatic carbocycles. The summed E-state index contributed by atoms with van der Waals surface area (Å²) in [5.41, 5.74) is 7.58. The van der Waals surface area contributed by atoms with Crippen molar-refractivity contribution in [3.05, 3.63) is 76.6 Å². The van der Waals surface area contributed by atoms with Crippen LogP contribution in [0.1, 0.15) is 28.0 Å². The van der Waals surface area contributed by atoms with Gasteiger partial charge in [-0.15, -0.1) is 0 Å². The number of aromatic nitrogens is 2. The lowest BCUT2D eigenvalue weighted by Crippen LogP contribution is -2.37. The summed E-state index contributed by atoms with van der Waals surface area (Å²) in [6, 6.07) is 8.32. The molecule has 11 heteroatoms. The van der Waals surface area contributed by atoms with E-state index in [1.165, 1.54) is 6.20 Å². The predicted molar refractivity (Wildman–Crippen MR) is 122 cm³/mol. The van der Waals surface area contributed by atoms with Gasteiger partial charge in [-0.05, 0) is 35.9 Å². The van der Waals surface area contributed by atoms with Crippen molar-refractivity contribution in [3.63, 3.8) is 0 Å². The molecule has 1 aliphatic rings. The molecule has 3 aromatic rings. The van der Waals surface area contributed by atoms with Crippen LogP contribution in [0.3, 0.4) is 0 Å². The van der Waals surface area contributed by atoms with Crippen LogP contribution in [0, 0.1) is 0 Å². The van der Waals surface area contributed by atoms with Gasteiger partial charge in [0.2, 0.25) is 0 Å². The van der Waals surface area contributed by atoms with Crippen LogP contribution in [0.25, 0.3) is 16.5 Å². The van der Waals surface area contributed by atoms with Gasteiger partial charge in [-0.3, -0.25) is 9.59 Å². The molecule has 1 aromatic carbocycles. The molecular weight excluding hydrogens is 454 g/mol. The van der Waals surface area contributed by atoms with E-state index in [9.17, 15) is 18.0 Å². The Bertz CT molecular complexity index is 1440. The Hall–Kier alpha value is -3.47. The largest absolute Gasteiger partial charge is 0.384 e. The lowest BCUT2D eigenvalue weighted by molar-refractivity contribution is -0.113. The van der Waals surface area contributed by atoms with Crippen molar-refractivity contribution in [2.75, 3.05) is 5.73 Å². The van der Waals surface area contributed by atoms with Gasteiger partial charge in [0.05, 0.1) is 0 Å². The van der Waals surface area contributed by atoms with Crippen molar-refractivity contribution in [3.8, 4) is 0 Å². The van der Waals surface area contributed by atoms with Crippen molar-refractivity contribution in [1.29, 1.82) is 0 Å². The third-order valence-corrected chi connectivity index (χ3v) is 5.64. The number of nitrogen functional groups attached to an aromatic ring is 1. The number of pyridine rings is 1. The first-order chi connectivity index (χ1) is 15.1. The van der Waals surface area contributed by atoms with Crippen LogP contribution in [-0.4, -0.2) is 29.7 Å². The summed E-state index contributed by atoms with van der Waals surface area (Å²) in [7, 11) is -4.36. The first-order valence-corrected chi connectivity index (χ1v) is 11.3. The fourth-order valence-electron chi connectivity index (χ4n) is 3.72. The highest BCUT2D eigenvalue weighted by atomic mass is 35.5. The van der Waals surface area contributed by atoms with Crippen LogP contribution in [0.15, 0.2) is 54.8 Å². The summed E-state index contributed by atoms with van der Waals surface area (Å²) in [5, 5.41) is 5.98. The van der Waals surface area contributed by atoms with Gasteiger partial charge in [0, 0.05) is 46.2 Å². The quantitative estimate of drug-likeness (QED) is 0.518. The van der Waals surface area contributed by atoms with Gasteiger partial charge in [0.25, 0.3) is 16.1 Å². The molecule has 2 heterocycles. The van der Waals surface area contributed by atoms with Gasteiger partial charge in [0.1, 0.15) is 11.5 Å². The summed E-state index contributed by atoms with van der Waals surface area (Å²) in [6.07, 6.45) is 6.66. The number of allylic oxidation sites excluding steroid dienone is 4. The first-order valence-electron chi connectivity index (χ1n) is 9.41. The average Bonchev–Trinajstić information content (AvgIpc) is 3.00. The van der Waals surface area contributed by atoms with Gasteiger partial charge in [0.15, 0.2) is 5.78 Å². The van der Waals surface area contributed by atoms with Gasteiger partial charge < -0.3 is 10.3 Å². The number of carbonyl (C=O) groups is 2. The number of hydrogen-bond donors (Lipinski definition) is 3. The number of nitrogens with two attached hydrogens (primary N) is 2. The van der Waals surface area contributed by atoms with Crippen molar-refractivity contribution in [2.24, 2.45) is 5.14 Å². The van der Waals surface area contributed by atoms with Gasteiger partial charge in [-0.25, -0.2) is 14.8 Å². The number of nitrogens with zero attached hydrogens (tertiary/aromatic N) is 2. The maximum absolute atomic E-state index is 13.1. The number of amides is 1. The van der Waals surface area contributed by atoms with Gasteiger partial charge in [-0.2, -0.15) is 8.42 Å². The van der Waals surface area contributed by atoms with Crippen LogP contribution in [-0.2, 0) is 21.5 Å². The number of hydrogen-bond acceptors (Lipinski definition) is 6. The summed E-state index contributed by atoms with van der Waals surface area (Å²) in [5.74, 6) is -0.905. The number of anilines is 1. The van der Waals surface area contributed by atoms with Crippen molar-refractivity contribution < 1.29 is 18.0 Å². The van der Waals surface area contributed by atoms with E-state index in [1.54, 1.807) is 57.8 Å². The zero-order valence-corrected chi connectivity index (χ0v) is 18.2. The molecule has 4 rings (SSSR count). The molecule has 0 saturated carbocycles. The van der Waals surface area contributed by atoms with Crippen LogP contribution in [0.5, 0.6) is 0 Å². The fraction of sp³-hybridized carbons (Fsp3) is 0.0952. The molecule has 9 nitrogen and oxygen atoms in total. The van der Waals surface area contributed by atoms with Crippen LogP contribution >= 0.6 is 11.6 Å². The lowest BCUT2D eigenvalue weighted by Gasteiger charge is -2.14. The zero-order chi connectivity index (χ0) is 23.0. The summed E-state index contributed by atoms with van der Waals surface area (Å²) < 4.78 is 26.7. The van der Waals surface area contributed by atoms with Gasteiger partial charge in [-0.1, -0.05) is 29.8 Å². The van der Waals surface area contributed by atoms with Crippen molar-refractivity contribution in [1.82, 2.24) is 14.3 Å². The molecule has 0 unspecified atom stereocenters. The average molecular weight is 472 g/mol. The summed E-state index contributed by atoms with van der Waals surface area (Å²) in [6.45, 7) is 0.148. The minimum Gasteiger partial charge on any atom is -0.384 e. The number of carbonyl (C=O) groups excluding carboxylic acids is 2. The second-order valence-electron chi connectivity index (χ2n) is 7.17. The van der Waals surface area contributed by atoms with Crippen molar-refractivity contribution >= 4 is 55.8 Å². The Labute approximate surface area is 188 Å². The topological polar surface area (TPSA) is 150 Å². The Morgan fingerprint density at radius 2 is 2.03 bits per heavy atom. The Balaban J connectivity index is 2.05. The molecule has 164 valence electrons. The second kappa shape index (κ2) is 8.23.